The number of benzene rings is 2. The molecule has 0 unspecified atom stereocenters. The summed E-state index contributed by atoms with van der Waals surface area (Å²) in [5.41, 5.74) is 2.45. The Hall–Kier alpha value is -1.82. The zero-order chi connectivity index (χ0) is 18.7. The third kappa shape index (κ3) is 3.80. The average Bonchev–Trinajstić information content (AvgIpc) is 2.66. The number of hydrogen-bond acceptors (Lipinski definition) is 4. The molecule has 0 bridgehead atoms. The summed E-state index contributed by atoms with van der Waals surface area (Å²) in [5, 5.41) is 10.7. The summed E-state index contributed by atoms with van der Waals surface area (Å²) < 4.78 is 1.60. The van der Waals surface area contributed by atoms with Gasteiger partial charge < -0.3 is 5.11 Å². The fraction of sp³-hybridized carbons (Fsp3) is 0.300. The SMILES string of the molecule is CC[C@@H](C)c1ccc(-n2c(SCCO)nc3ccc(Cl)cc3c2=O)cc1. The summed E-state index contributed by atoms with van der Waals surface area (Å²) >= 11 is 7.43. The van der Waals surface area contributed by atoms with Gasteiger partial charge in [0.2, 0.25) is 0 Å². The lowest BCUT2D eigenvalue weighted by molar-refractivity contribution is 0.322. The van der Waals surface area contributed by atoms with Crippen molar-refractivity contribution in [3.63, 3.8) is 0 Å². The lowest BCUT2D eigenvalue weighted by atomic mass is 9.98. The molecule has 1 N–H and O–H groups in total. The van der Waals surface area contributed by atoms with E-state index in [1.807, 2.05) is 12.1 Å². The smallest absolute Gasteiger partial charge is 0.266 e. The van der Waals surface area contributed by atoms with Crippen LogP contribution in [0.1, 0.15) is 31.7 Å². The highest BCUT2D eigenvalue weighted by atomic mass is 35.5. The number of rotatable bonds is 6. The Morgan fingerprint density at radius 3 is 2.62 bits per heavy atom. The molecule has 1 atom stereocenters. The molecule has 0 fully saturated rings. The largest absolute Gasteiger partial charge is 0.396 e. The number of halogens is 1. The Bertz CT molecular complexity index is 970. The number of aliphatic hydroxyl groups is 1. The highest BCUT2D eigenvalue weighted by Crippen LogP contribution is 2.24. The number of aromatic nitrogens is 2. The molecule has 136 valence electrons. The van der Waals surface area contributed by atoms with Gasteiger partial charge in [-0.2, -0.15) is 0 Å². The lowest BCUT2D eigenvalue weighted by Gasteiger charge is -2.15. The van der Waals surface area contributed by atoms with Crippen molar-refractivity contribution < 1.29 is 5.11 Å². The number of hydrogen-bond donors (Lipinski definition) is 1. The van der Waals surface area contributed by atoms with Crippen LogP contribution in [0, 0.1) is 0 Å². The molecule has 26 heavy (non-hydrogen) atoms. The van der Waals surface area contributed by atoms with Gasteiger partial charge >= 0.3 is 0 Å². The number of fused-ring (bicyclic) bond motifs is 1. The van der Waals surface area contributed by atoms with Crippen molar-refractivity contribution in [1.82, 2.24) is 9.55 Å². The average molecular weight is 389 g/mol. The van der Waals surface area contributed by atoms with Crippen LogP contribution in [-0.4, -0.2) is 27.0 Å². The second kappa shape index (κ2) is 8.25. The monoisotopic (exact) mass is 388 g/mol. The first-order valence-electron chi connectivity index (χ1n) is 8.61. The second-order valence-corrected chi connectivity index (χ2v) is 7.67. The molecule has 3 aromatic rings. The predicted octanol–water partition coefficient (Wildman–Crippen LogP) is 4.64. The minimum atomic E-state index is -0.158. The van der Waals surface area contributed by atoms with E-state index in [1.54, 1.807) is 22.8 Å². The van der Waals surface area contributed by atoms with Gasteiger partial charge in [0.1, 0.15) is 0 Å². The van der Waals surface area contributed by atoms with E-state index in [1.165, 1.54) is 17.3 Å². The molecule has 0 radical (unpaired) electrons. The van der Waals surface area contributed by atoms with E-state index in [2.05, 4.69) is 31.0 Å². The van der Waals surface area contributed by atoms with Crippen LogP contribution >= 0.6 is 23.4 Å². The lowest BCUT2D eigenvalue weighted by Crippen LogP contribution is -2.22. The van der Waals surface area contributed by atoms with Crippen LogP contribution in [0.15, 0.2) is 52.4 Å². The first-order valence-corrected chi connectivity index (χ1v) is 9.97. The fourth-order valence-corrected chi connectivity index (χ4v) is 3.71. The molecule has 1 aromatic heterocycles. The van der Waals surface area contributed by atoms with Crippen molar-refractivity contribution in [2.45, 2.75) is 31.3 Å². The Labute approximate surface area is 161 Å². The Morgan fingerprint density at radius 2 is 1.96 bits per heavy atom. The van der Waals surface area contributed by atoms with Gasteiger partial charge in [-0.25, -0.2) is 4.98 Å². The van der Waals surface area contributed by atoms with E-state index >= 15 is 0 Å². The molecule has 0 spiro atoms. The Kier molecular flexibility index (Phi) is 6.01. The fourth-order valence-electron chi connectivity index (χ4n) is 2.79. The van der Waals surface area contributed by atoms with Gasteiger partial charge in [-0.3, -0.25) is 9.36 Å². The van der Waals surface area contributed by atoms with E-state index in [4.69, 9.17) is 11.6 Å². The molecule has 6 heteroatoms. The standard InChI is InChI=1S/C20H21ClN2O2S/c1-3-13(2)14-4-7-16(8-5-14)23-19(25)17-12-15(21)6-9-18(17)22-20(23)26-11-10-24/h4-9,12-13,24H,3,10-11H2,1-2H3/t13-/m1/s1. The predicted molar refractivity (Wildman–Crippen MR) is 109 cm³/mol. The minimum absolute atomic E-state index is 0.0200. The van der Waals surface area contributed by atoms with E-state index < -0.39 is 0 Å². The molecule has 0 saturated carbocycles. The van der Waals surface area contributed by atoms with Gasteiger partial charge in [-0.05, 0) is 48.2 Å². The van der Waals surface area contributed by atoms with Crippen molar-refractivity contribution in [1.29, 1.82) is 0 Å². The maximum atomic E-state index is 13.1. The number of nitrogens with zero attached hydrogens (tertiary/aromatic N) is 2. The van der Waals surface area contributed by atoms with Gasteiger partial charge in [-0.1, -0.05) is 49.3 Å². The topological polar surface area (TPSA) is 55.1 Å². The van der Waals surface area contributed by atoms with Crippen LogP contribution in [0.2, 0.25) is 5.02 Å². The summed E-state index contributed by atoms with van der Waals surface area (Å²) in [6, 6.07) is 13.1. The quantitative estimate of drug-likeness (QED) is 0.493. The van der Waals surface area contributed by atoms with Gasteiger partial charge in [0, 0.05) is 10.8 Å². The molecule has 3 rings (SSSR count). The minimum Gasteiger partial charge on any atom is -0.396 e. The number of aliphatic hydroxyl groups excluding tert-OH is 1. The molecule has 0 aliphatic heterocycles. The summed E-state index contributed by atoms with van der Waals surface area (Å²) in [6.45, 7) is 4.36. The molecule has 2 aromatic carbocycles. The molecule has 4 nitrogen and oxygen atoms in total. The molecule has 1 heterocycles. The molecule has 0 amide bonds. The third-order valence-electron chi connectivity index (χ3n) is 4.45. The van der Waals surface area contributed by atoms with Crippen LogP contribution in [0.3, 0.4) is 0 Å². The highest BCUT2D eigenvalue weighted by molar-refractivity contribution is 7.99. The van der Waals surface area contributed by atoms with Crippen molar-refractivity contribution in [2.24, 2.45) is 0 Å². The van der Waals surface area contributed by atoms with E-state index in [-0.39, 0.29) is 12.2 Å². The van der Waals surface area contributed by atoms with Crippen LogP contribution in [-0.2, 0) is 0 Å². The van der Waals surface area contributed by atoms with E-state index in [0.29, 0.717) is 32.8 Å². The van der Waals surface area contributed by atoms with E-state index in [9.17, 15) is 9.90 Å². The van der Waals surface area contributed by atoms with Crippen LogP contribution in [0.4, 0.5) is 0 Å². The first-order chi connectivity index (χ1) is 12.5. The Balaban J connectivity index is 2.18. The van der Waals surface area contributed by atoms with Crippen molar-refractivity contribution in [3.05, 3.63) is 63.4 Å². The zero-order valence-corrected chi connectivity index (χ0v) is 16.3. The third-order valence-corrected chi connectivity index (χ3v) is 5.61. The molecular formula is C20H21ClN2O2S. The van der Waals surface area contributed by atoms with Crippen molar-refractivity contribution >= 4 is 34.3 Å². The van der Waals surface area contributed by atoms with Gasteiger partial charge in [-0.15, -0.1) is 0 Å². The normalized spacial score (nSPS) is 12.5. The van der Waals surface area contributed by atoms with Crippen molar-refractivity contribution in [3.8, 4) is 5.69 Å². The van der Waals surface area contributed by atoms with Gasteiger partial charge in [0.05, 0.1) is 23.2 Å². The van der Waals surface area contributed by atoms with Gasteiger partial charge in [0.25, 0.3) is 5.56 Å². The van der Waals surface area contributed by atoms with Crippen LogP contribution in [0.25, 0.3) is 16.6 Å². The first kappa shape index (κ1) is 19.0. The summed E-state index contributed by atoms with van der Waals surface area (Å²) in [5.74, 6) is 0.939. The summed E-state index contributed by atoms with van der Waals surface area (Å²) in [7, 11) is 0. The van der Waals surface area contributed by atoms with Crippen LogP contribution < -0.4 is 5.56 Å². The van der Waals surface area contributed by atoms with E-state index in [0.717, 1.165) is 12.1 Å². The summed E-state index contributed by atoms with van der Waals surface area (Å²) in [4.78, 5) is 17.7. The summed E-state index contributed by atoms with van der Waals surface area (Å²) in [6.07, 6.45) is 1.06. The molecule has 0 saturated heterocycles. The maximum absolute atomic E-state index is 13.1. The second-order valence-electron chi connectivity index (χ2n) is 6.17. The molecular weight excluding hydrogens is 368 g/mol. The molecule has 0 aliphatic carbocycles. The Morgan fingerprint density at radius 1 is 1.23 bits per heavy atom. The zero-order valence-electron chi connectivity index (χ0n) is 14.8. The highest BCUT2D eigenvalue weighted by Gasteiger charge is 2.14. The van der Waals surface area contributed by atoms with Gasteiger partial charge in [0.15, 0.2) is 5.16 Å². The van der Waals surface area contributed by atoms with Crippen molar-refractivity contribution in [2.75, 3.05) is 12.4 Å². The van der Waals surface area contributed by atoms with Crippen LogP contribution in [0.5, 0.6) is 0 Å². The molecule has 0 aliphatic rings. The maximum Gasteiger partial charge on any atom is 0.266 e. The number of thioether (sulfide) groups is 1.